The molecule has 1 amide bonds. The lowest BCUT2D eigenvalue weighted by molar-refractivity contribution is -0.150. The van der Waals surface area contributed by atoms with Gasteiger partial charge in [-0.2, -0.15) is 0 Å². The Morgan fingerprint density at radius 3 is 2.95 bits per heavy atom. The molecular weight excluding hydrogens is 252 g/mol. The Labute approximate surface area is 110 Å². The van der Waals surface area contributed by atoms with Crippen molar-refractivity contribution in [2.45, 2.75) is 26.3 Å². The Kier molecular flexibility index (Phi) is 3.73. The summed E-state index contributed by atoms with van der Waals surface area (Å²) in [5.41, 5.74) is 0. The van der Waals surface area contributed by atoms with E-state index < -0.39 is 12.0 Å². The summed E-state index contributed by atoms with van der Waals surface area (Å²) in [5, 5.41) is 12.7. The van der Waals surface area contributed by atoms with Crippen LogP contribution >= 0.6 is 0 Å². The third-order valence-corrected chi connectivity index (χ3v) is 3.22. The van der Waals surface area contributed by atoms with E-state index in [2.05, 4.69) is 5.16 Å². The molecule has 7 nitrogen and oxygen atoms in total. The van der Waals surface area contributed by atoms with Crippen LogP contribution in [0.5, 0.6) is 5.88 Å². The van der Waals surface area contributed by atoms with E-state index in [4.69, 9.17) is 14.4 Å². The van der Waals surface area contributed by atoms with Crippen molar-refractivity contribution in [1.29, 1.82) is 0 Å². The van der Waals surface area contributed by atoms with Crippen LogP contribution in [0.2, 0.25) is 0 Å². The SMILES string of the molecule is Cc1cc(OCC(=O)N2CCC(C)C2C(=O)O)no1. The van der Waals surface area contributed by atoms with Crippen molar-refractivity contribution in [1.82, 2.24) is 10.1 Å². The molecule has 1 fully saturated rings. The zero-order valence-corrected chi connectivity index (χ0v) is 10.8. The van der Waals surface area contributed by atoms with E-state index in [1.807, 2.05) is 6.92 Å². The van der Waals surface area contributed by atoms with E-state index in [1.54, 1.807) is 13.0 Å². The number of aliphatic carboxylic acids is 1. The molecule has 1 N–H and O–H groups in total. The fraction of sp³-hybridized carbons (Fsp3) is 0.583. The number of aryl methyl sites for hydroxylation is 1. The molecule has 0 aromatic carbocycles. The lowest BCUT2D eigenvalue weighted by Gasteiger charge is -2.22. The summed E-state index contributed by atoms with van der Waals surface area (Å²) >= 11 is 0. The number of amides is 1. The maximum Gasteiger partial charge on any atom is 0.326 e. The van der Waals surface area contributed by atoms with E-state index in [0.29, 0.717) is 18.7 Å². The average Bonchev–Trinajstić information content (AvgIpc) is 2.92. The van der Waals surface area contributed by atoms with Gasteiger partial charge in [0.05, 0.1) is 0 Å². The number of likely N-dealkylation sites (tertiary alicyclic amines) is 1. The van der Waals surface area contributed by atoms with Gasteiger partial charge < -0.3 is 19.3 Å². The van der Waals surface area contributed by atoms with Crippen molar-refractivity contribution >= 4 is 11.9 Å². The van der Waals surface area contributed by atoms with Crippen LogP contribution < -0.4 is 4.74 Å². The summed E-state index contributed by atoms with van der Waals surface area (Å²) in [6.45, 7) is 3.75. The third-order valence-electron chi connectivity index (χ3n) is 3.22. The zero-order valence-electron chi connectivity index (χ0n) is 10.8. The number of carboxylic acid groups (broad SMARTS) is 1. The summed E-state index contributed by atoms with van der Waals surface area (Å²) in [5.74, 6) is -0.561. The number of carboxylic acids is 1. The molecule has 1 aliphatic heterocycles. The van der Waals surface area contributed by atoms with Gasteiger partial charge in [-0.25, -0.2) is 4.79 Å². The van der Waals surface area contributed by atoms with Crippen molar-refractivity contribution < 1.29 is 24.0 Å². The van der Waals surface area contributed by atoms with Gasteiger partial charge in [-0.3, -0.25) is 4.79 Å². The van der Waals surface area contributed by atoms with Crippen molar-refractivity contribution in [3.63, 3.8) is 0 Å². The third kappa shape index (κ3) is 2.86. The molecule has 19 heavy (non-hydrogen) atoms. The molecule has 2 unspecified atom stereocenters. The molecule has 7 heteroatoms. The first-order valence-corrected chi connectivity index (χ1v) is 6.07. The van der Waals surface area contributed by atoms with Crippen molar-refractivity contribution in [2.75, 3.05) is 13.2 Å². The van der Waals surface area contributed by atoms with Gasteiger partial charge in [-0.15, -0.1) is 0 Å². The molecule has 104 valence electrons. The van der Waals surface area contributed by atoms with Crippen LogP contribution in [0.1, 0.15) is 19.1 Å². The van der Waals surface area contributed by atoms with Gasteiger partial charge >= 0.3 is 5.97 Å². The molecule has 0 radical (unpaired) electrons. The Bertz CT molecular complexity index is 484. The average molecular weight is 268 g/mol. The van der Waals surface area contributed by atoms with Gasteiger partial charge in [-0.1, -0.05) is 6.92 Å². The molecule has 2 atom stereocenters. The standard InChI is InChI=1S/C12H16N2O5/c1-7-3-4-14(11(7)12(16)17)10(15)6-18-9-5-8(2)19-13-9/h5,7,11H,3-4,6H2,1-2H3,(H,16,17). The highest BCUT2D eigenvalue weighted by Gasteiger charge is 2.39. The largest absolute Gasteiger partial charge is 0.480 e. The fourth-order valence-corrected chi connectivity index (χ4v) is 2.23. The summed E-state index contributed by atoms with van der Waals surface area (Å²) in [4.78, 5) is 24.5. The second-order valence-corrected chi connectivity index (χ2v) is 4.70. The van der Waals surface area contributed by atoms with Crippen molar-refractivity contribution in [2.24, 2.45) is 5.92 Å². The molecule has 0 saturated carbocycles. The van der Waals surface area contributed by atoms with E-state index in [-0.39, 0.29) is 24.3 Å². The predicted molar refractivity (Wildman–Crippen MR) is 63.7 cm³/mol. The number of carbonyl (C=O) groups excluding carboxylic acids is 1. The highest BCUT2D eigenvalue weighted by Crippen LogP contribution is 2.24. The summed E-state index contributed by atoms with van der Waals surface area (Å²) in [7, 11) is 0. The molecule has 1 aromatic heterocycles. The number of rotatable bonds is 4. The second-order valence-electron chi connectivity index (χ2n) is 4.70. The summed E-state index contributed by atoms with van der Waals surface area (Å²) in [6.07, 6.45) is 0.686. The van der Waals surface area contributed by atoms with E-state index in [1.165, 1.54) is 4.90 Å². The lowest BCUT2D eigenvalue weighted by Crippen LogP contribution is -2.44. The minimum Gasteiger partial charge on any atom is -0.480 e. The molecule has 0 spiro atoms. The quantitative estimate of drug-likeness (QED) is 0.863. The van der Waals surface area contributed by atoms with Crippen LogP contribution in [-0.4, -0.2) is 46.2 Å². The Morgan fingerprint density at radius 2 is 2.37 bits per heavy atom. The minimum absolute atomic E-state index is 0.0456. The van der Waals surface area contributed by atoms with Crippen LogP contribution in [0.25, 0.3) is 0 Å². The van der Waals surface area contributed by atoms with Crippen LogP contribution in [0.3, 0.4) is 0 Å². The van der Waals surface area contributed by atoms with Crippen LogP contribution in [0.15, 0.2) is 10.6 Å². The molecule has 1 aliphatic rings. The first kappa shape index (κ1) is 13.4. The molecular formula is C12H16N2O5. The topological polar surface area (TPSA) is 92.9 Å². The Hall–Kier alpha value is -2.05. The van der Waals surface area contributed by atoms with Gasteiger partial charge in [0.25, 0.3) is 11.8 Å². The molecule has 1 saturated heterocycles. The highest BCUT2D eigenvalue weighted by atomic mass is 16.5. The normalized spacial score (nSPS) is 22.5. The zero-order chi connectivity index (χ0) is 14.0. The minimum atomic E-state index is -0.976. The van der Waals surface area contributed by atoms with Crippen molar-refractivity contribution in [3.8, 4) is 5.88 Å². The molecule has 2 heterocycles. The van der Waals surface area contributed by atoms with Crippen LogP contribution in [0, 0.1) is 12.8 Å². The first-order valence-electron chi connectivity index (χ1n) is 6.07. The van der Waals surface area contributed by atoms with Crippen LogP contribution in [-0.2, 0) is 9.59 Å². The molecule has 0 bridgehead atoms. The number of aromatic nitrogens is 1. The fourth-order valence-electron chi connectivity index (χ4n) is 2.23. The number of nitrogens with zero attached hydrogens (tertiary/aromatic N) is 2. The molecule has 0 aliphatic carbocycles. The smallest absolute Gasteiger partial charge is 0.326 e. The number of ether oxygens (including phenoxy) is 1. The van der Waals surface area contributed by atoms with Gasteiger partial charge in [0.1, 0.15) is 11.8 Å². The highest BCUT2D eigenvalue weighted by molar-refractivity contribution is 5.85. The number of hydrogen-bond donors (Lipinski definition) is 1. The second kappa shape index (κ2) is 5.29. The van der Waals surface area contributed by atoms with Gasteiger partial charge in [0.2, 0.25) is 0 Å². The first-order chi connectivity index (χ1) is 8.99. The summed E-state index contributed by atoms with van der Waals surface area (Å²) in [6, 6.07) is 0.796. The van der Waals surface area contributed by atoms with E-state index in [9.17, 15) is 9.59 Å². The monoisotopic (exact) mass is 268 g/mol. The van der Waals surface area contributed by atoms with Gasteiger partial charge in [-0.05, 0) is 24.4 Å². The Morgan fingerprint density at radius 1 is 1.63 bits per heavy atom. The summed E-state index contributed by atoms with van der Waals surface area (Å²) < 4.78 is 9.98. The van der Waals surface area contributed by atoms with Crippen molar-refractivity contribution in [3.05, 3.63) is 11.8 Å². The predicted octanol–water partition coefficient (Wildman–Crippen LogP) is 0.683. The number of carbonyl (C=O) groups is 2. The van der Waals surface area contributed by atoms with E-state index in [0.717, 1.165) is 0 Å². The van der Waals surface area contributed by atoms with Crippen LogP contribution in [0.4, 0.5) is 0 Å². The number of hydrogen-bond acceptors (Lipinski definition) is 5. The molecule has 1 aromatic rings. The van der Waals surface area contributed by atoms with E-state index >= 15 is 0 Å². The lowest BCUT2D eigenvalue weighted by atomic mass is 10.0. The van der Waals surface area contributed by atoms with Gasteiger partial charge in [0, 0.05) is 12.6 Å². The molecule has 2 rings (SSSR count). The Balaban J connectivity index is 1.94. The maximum atomic E-state index is 12.0. The maximum absolute atomic E-state index is 12.0. The van der Waals surface area contributed by atoms with Gasteiger partial charge in [0.15, 0.2) is 6.61 Å².